The van der Waals surface area contributed by atoms with Crippen molar-refractivity contribution < 1.29 is 9.18 Å². The average Bonchev–Trinajstić information content (AvgIpc) is 3.14. The highest BCUT2D eigenvalue weighted by Gasteiger charge is 2.45. The van der Waals surface area contributed by atoms with Crippen LogP contribution in [-0.4, -0.2) is 6.08 Å². The minimum absolute atomic E-state index is 0.173. The fraction of sp³-hybridized carbons (Fsp3) is 0.533. The standard InChI is InChI=1S/C15H18FNO/c1-3-11(4-2)13-6-5-12(9-14(13)16)15(7-8-15)17-10-18/h5-6,9,11H,3-4,7-8H2,1-2H3. The Morgan fingerprint density at radius 3 is 2.50 bits per heavy atom. The summed E-state index contributed by atoms with van der Waals surface area (Å²) >= 11 is 0. The third-order valence-corrected chi connectivity index (χ3v) is 3.95. The van der Waals surface area contributed by atoms with E-state index in [9.17, 15) is 9.18 Å². The van der Waals surface area contributed by atoms with Gasteiger partial charge >= 0.3 is 0 Å². The number of isocyanates is 1. The number of hydrogen-bond acceptors (Lipinski definition) is 2. The lowest BCUT2D eigenvalue weighted by atomic mass is 9.91. The van der Waals surface area contributed by atoms with E-state index in [1.54, 1.807) is 12.1 Å². The van der Waals surface area contributed by atoms with Gasteiger partial charge in [0.1, 0.15) is 5.82 Å². The lowest BCUT2D eigenvalue weighted by molar-refractivity contribution is 0.548. The van der Waals surface area contributed by atoms with Gasteiger partial charge in [0.25, 0.3) is 0 Å². The molecule has 0 heterocycles. The maximum Gasteiger partial charge on any atom is 0.235 e. The number of halogens is 1. The summed E-state index contributed by atoms with van der Waals surface area (Å²) in [5, 5.41) is 0. The molecule has 1 aliphatic carbocycles. The molecule has 0 aromatic heterocycles. The normalized spacial score (nSPS) is 16.4. The Kier molecular flexibility index (Phi) is 3.63. The van der Waals surface area contributed by atoms with Crippen molar-refractivity contribution in [1.82, 2.24) is 0 Å². The minimum Gasteiger partial charge on any atom is -0.211 e. The molecule has 96 valence electrons. The Bertz CT molecular complexity index is 483. The first-order valence-corrected chi connectivity index (χ1v) is 6.55. The van der Waals surface area contributed by atoms with Crippen molar-refractivity contribution in [2.75, 3.05) is 0 Å². The molecule has 2 nitrogen and oxygen atoms in total. The number of benzene rings is 1. The van der Waals surface area contributed by atoms with Gasteiger partial charge in [-0.25, -0.2) is 9.18 Å². The maximum atomic E-state index is 14.1. The predicted molar refractivity (Wildman–Crippen MR) is 68.8 cm³/mol. The van der Waals surface area contributed by atoms with Crippen LogP contribution in [0.2, 0.25) is 0 Å². The van der Waals surface area contributed by atoms with Gasteiger partial charge in [-0.05, 0) is 48.8 Å². The van der Waals surface area contributed by atoms with Crippen LogP contribution < -0.4 is 0 Å². The van der Waals surface area contributed by atoms with E-state index < -0.39 is 5.54 Å². The molecular weight excluding hydrogens is 229 g/mol. The van der Waals surface area contributed by atoms with Gasteiger partial charge in [-0.1, -0.05) is 26.0 Å². The molecule has 0 amide bonds. The molecule has 1 saturated carbocycles. The van der Waals surface area contributed by atoms with E-state index in [0.717, 1.165) is 36.8 Å². The van der Waals surface area contributed by atoms with Crippen molar-refractivity contribution in [3.63, 3.8) is 0 Å². The number of hydrogen-bond donors (Lipinski definition) is 0. The Balaban J connectivity index is 2.33. The molecule has 1 aromatic rings. The molecule has 2 rings (SSSR count). The van der Waals surface area contributed by atoms with Crippen molar-refractivity contribution in [3.8, 4) is 0 Å². The molecule has 18 heavy (non-hydrogen) atoms. The summed E-state index contributed by atoms with van der Waals surface area (Å²) < 4.78 is 14.1. The zero-order valence-corrected chi connectivity index (χ0v) is 10.9. The van der Waals surface area contributed by atoms with Crippen molar-refractivity contribution in [1.29, 1.82) is 0 Å². The summed E-state index contributed by atoms with van der Waals surface area (Å²) in [4.78, 5) is 14.2. The smallest absolute Gasteiger partial charge is 0.211 e. The van der Waals surface area contributed by atoms with Crippen molar-refractivity contribution in [3.05, 3.63) is 35.1 Å². The second kappa shape index (κ2) is 5.03. The van der Waals surface area contributed by atoms with Gasteiger partial charge in [-0.15, -0.1) is 0 Å². The summed E-state index contributed by atoms with van der Waals surface area (Å²) in [5.74, 6) is 0.0948. The van der Waals surface area contributed by atoms with Gasteiger partial charge in [0, 0.05) is 0 Å². The third-order valence-electron chi connectivity index (χ3n) is 3.95. The van der Waals surface area contributed by atoms with Crippen LogP contribution in [0.4, 0.5) is 4.39 Å². The van der Waals surface area contributed by atoms with Crippen LogP contribution >= 0.6 is 0 Å². The van der Waals surface area contributed by atoms with Crippen LogP contribution in [0, 0.1) is 5.82 Å². The van der Waals surface area contributed by atoms with Crippen molar-refractivity contribution >= 4 is 6.08 Å². The molecule has 1 aliphatic rings. The van der Waals surface area contributed by atoms with Gasteiger partial charge in [-0.3, -0.25) is 0 Å². The zero-order valence-electron chi connectivity index (χ0n) is 10.9. The summed E-state index contributed by atoms with van der Waals surface area (Å²) in [5.41, 5.74) is 1.10. The van der Waals surface area contributed by atoms with E-state index in [0.29, 0.717) is 0 Å². The summed E-state index contributed by atoms with van der Waals surface area (Å²) in [6.45, 7) is 4.14. The topological polar surface area (TPSA) is 29.4 Å². The van der Waals surface area contributed by atoms with Gasteiger partial charge < -0.3 is 0 Å². The quantitative estimate of drug-likeness (QED) is 0.570. The molecule has 3 heteroatoms. The van der Waals surface area contributed by atoms with E-state index in [-0.39, 0.29) is 11.7 Å². The number of nitrogens with zero attached hydrogens (tertiary/aromatic N) is 1. The second-order valence-electron chi connectivity index (χ2n) is 4.98. The summed E-state index contributed by atoms with van der Waals surface area (Å²) in [6.07, 6.45) is 5.09. The molecule has 0 atom stereocenters. The second-order valence-corrected chi connectivity index (χ2v) is 4.98. The lowest BCUT2D eigenvalue weighted by Gasteiger charge is -2.16. The fourth-order valence-electron chi connectivity index (χ4n) is 2.55. The van der Waals surface area contributed by atoms with E-state index in [1.807, 2.05) is 12.1 Å². The van der Waals surface area contributed by atoms with E-state index in [1.165, 1.54) is 0 Å². The molecule has 0 saturated heterocycles. The maximum absolute atomic E-state index is 14.1. The predicted octanol–water partition coefficient (Wildman–Crippen LogP) is 4.05. The van der Waals surface area contributed by atoms with E-state index in [4.69, 9.17) is 0 Å². The van der Waals surface area contributed by atoms with Gasteiger partial charge in [0.05, 0.1) is 5.54 Å². The van der Waals surface area contributed by atoms with Gasteiger partial charge in [-0.2, -0.15) is 4.99 Å². The van der Waals surface area contributed by atoms with Crippen molar-refractivity contribution in [2.45, 2.75) is 51.0 Å². The average molecular weight is 247 g/mol. The van der Waals surface area contributed by atoms with Gasteiger partial charge in [0.15, 0.2) is 0 Å². The van der Waals surface area contributed by atoms with Crippen LogP contribution in [0.25, 0.3) is 0 Å². The zero-order chi connectivity index (χ0) is 13.2. The number of aliphatic imine (C=N–C) groups is 1. The molecule has 0 unspecified atom stereocenters. The molecule has 0 aliphatic heterocycles. The first kappa shape index (κ1) is 13.0. The monoisotopic (exact) mass is 247 g/mol. The summed E-state index contributed by atoms with van der Waals surface area (Å²) in [6, 6.07) is 5.30. The molecule has 0 bridgehead atoms. The van der Waals surface area contributed by atoms with Crippen molar-refractivity contribution in [2.24, 2.45) is 4.99 Å². The molecule has 0 N–H and O–H groups in total. The highest BCUT2D eigenvalue weighted by molar-refractivity contribution is 5.42. The molecule has 0 radical (unpaired) electrons. The Hall–Kier alpha value is -1.47. The first-order valence-electron chi connectivity index (χ1n) is 6.55. The van der Waals surface area contributed by atoms with Crippen LogP contribution in [0.3, 0.4) is 0 Å². The molecule has 0 spiro atoms. The van der Waals surface area contributed by atoms with Crippen LogP contribution in [0.5, 0.6) is 0 Å². The Morgan fingerprint density at radius 1 is 1.39 bits per heavy atom. The number of rotatable bonds is 5. The minimum atomic E-state index is -0.477. The van der Waals surface area contributed by atoms with E-state index >= 15 is 0 Å². The SMILES string of the molecule is CCC(CC)c1ccc(C2(N=C=O)CC2)cc1F. The fourth-order valence-corrected chi connectivity index (χ4v) is 2.55. The van der Waals surface area contributed by atoms with Crippen LogP contribution in [-0.2, 0) is 10.3 Å². The molecule has 1 fully saturated rings. The Morgan fingerprint density at radius 2 is 2.06 bits per heavy atom. The van der Waals surface area contributed by atoms with Gasteiger partial charge in [0.2, 0.25) is 6.08 Å². The molecular formula is C15H18FNO. The number of carbonyl (C=O) groups excluding carboxylic acids is 1. The van der Waals surface area contributed by atoms with Crippen LogP contribution in [0.1, 0.15) is 56.6 Å². The lowest BCUT2D eigenvalue weighted by Crippen LogP contribution is -2.06. The molecule has 1 aromatic carbocycles. The van der Waals surface area contributed by atoms with Crippen LogP contribution in [0.15, 0.2) is 23.2 Å². The third kappa shape index (κ3) is 2.23. The van der Waals surface area contributed by atoms with E-state index in [2.05, 4.69) is 18.8 Å². The Labute approximate surface area is 107 Å². The largest absolute Gasteiger partial charge is 0.235 e. The highest BCUT2D eigenvalue weighted by Crippen LogP contribution is 2.49. The first-order chi connectivity index (χ1) is 8.66. The highest BCUT2D eigenvalue weighted by atomic mass is 19.1. The summed E-state index contributed by atoms with van der Waals surface area (Å²) in [7, 11) is 0.